The molecule has 0 bridgehead atoms. The van der Waals surface area contributed by atoms with Crippen molar-refractivity contribution in [2.75, 3.05) is 65.8 Å². The van der Waals surface area contributed by atoms with E-state index in [9.17, 15) is 63.0 Å². The van der Waals surface area contributed by atoms with E-state index in [0.717, 1.165) is 60.2 Å². The third-order valence-electron chi connectivity index (χ3n) is 24.5. The number of nitrogens with two attached hydrogens (primary N) is 3. The van der Waals surface area contributed by atoms with Crippen LogP contribution in [0.15, 0.2) is 77.6 Å². The van der Waals surface area contributed by atoms with Crippen LogP contribution in [0.1, 0.15) is 249 Å². The van der Waals surface area contributed by atoms with Crippen LogP contribution >= 0.6 is 0 Å². The number of allylic oxidation sites excluding steroid dienone is 1. The van der Waals surface area contributed by atoms with Gasteiger partial charge in [-0.05, 0) is 118 Å². The summed E-state index contributed by atoms with van der Waals surface area (Å²) in [5.41, 5.74) is 19.3. The zero-order valence-electron chi connectivity index (χ0n) is 80.8. The number of ether oxygens (including phenoxy) is 2. The third kappa shape index (κ3) is 43.5. The number of amides is 14. The number of H-pyrrole nitrogens is 2. The molecule has 14 amide bonds. The molecule has 44 nitrogen and oxygen atoms in total. The molecular weight excluding hydrogens is 1810 g/mol. The number of para-hydroxylation sites is 1. The van der Waals surface area contributed by atoms with E-state index in [4.69, 9.17) is 32.1 Å². The lowest BCUT2D eigenvalue weighted by Crippen LogP contribution is -2.61. The number of tetrazole rings is 1. The number of primary amides is 1. The fourth-order valence-electron chi connectivity index (χ4n) is 16.6. The molecule has 0 saturated carbocycles. The molecule has 12 atom stereocenters. The van der Waals surface area contributed by atoms with Gasteiger partial charge in [-0.2, -0.15) is 0 Å². The van der Waals surface area contributed by atoms with Gasteiger partial charge in [-0.25, -0.2) is 5.10 Å². The van der Waals surface area contributed by atoms with Crippen molar-refractivity contribution in [3.05, 3.63) is 89.5 Å². The van der Waals surface area contributed by atoms with Gasteiger partial charge < -0.3 is 116 Å². The smallest absolute Gasteiger partial charge is 0.246 e. The Bertz CT molecular complexity index is 4690. The summed E-state index contributed by atoms with van der Waals surface area (Å²) in [5, 5.41) is 78.8. The number of guanidine groups is 1. The summed E-state index contributed by atoms with van der Waals surface area (Å²) in [6.45, 7) is 1.25. The molecule has 2 aromatic carbocycles. The fourth-order valence-corrected chi connectivity index (χ4v) is 16.6. The van der Waals surface area contributed by atoms with Crippen LogP contribution in [0.5, 0.6) is 0 Å². The zero-order valence-corrected chi connectivity index (χ0v) is 80.8. The van der Waals surface area contributed by atoms with E-state index < -0.39 is 194 Å². The summed E-state index contributed by atoms with van der Waals surface area (Å²) < 4.78 is 10.9. The van der Waals surface area contributed by atoms with Gasteiger partial charge in [0.15, 0.2) is 11.7 Å². The van der Waals surface area contributed by atoms with Crippen molar-refractivity contribution in [1.82, 2.24) is 99.6 Å². The number of aliphatic hydroxyl groups is 2. The first-order valence-electron chi connectivity index (χ1n) is 49.5. The maximum atomic E-state index is 15.5. The second-order valence-corrected chi connectivity index (χ2v) is 35.9. The molecule has 2 aromatic heterocycles. The van der Waals surface area contributed by atoms with Crippen LogP contribution in [0.2, 0.25) is 0 Å². The van der Waals surface area contributed by atoms with E-state index in [1.165, 1.54) is 64.5 Å². The Labute approximate surface area is 816 Å². The number of unbranched alkanes of at least 4 members (excludes halogenated alkanes) is 14. The molecule has 0 radical (unpaired) electrons. The molecule has 2 saturated heterocycles. The number of hydrogen-bond acceptors (Lipinski definition) is 26. The first kappa shape index (κ1) is 114. The first-order valence-corrected chi connectivity index (χ1v) is 49.5. The van der Waals surface area contributed by atoms with Crippen LogP contribution in [0, 0.1) is 5.41 Å². The van der Waals surface area contributed by atoms with Crippen molar-refractivity contribution in [3.8, 4) is 0 Å². The Morgan fingerprint density at radius 2 is 1.21 bits per heavy atom. The quantitative estimate of drug-likeness (QED) is 0.0165. The number of rotatable bonds is 59. The topological polar surface area (TPSA) is 676 Å². The van der Waals surface area contributed by atoms with Crippen molar-refractivity contribution >= 4 is 117 Å². The standard InChI is InChI=1S/C96H148N24O20/c1-3-4-35-71(87(130)112-75-43-42-66(123)33-20-17-21-36-69(62(2)122)107-91(134)77(54-64-57-104-70-37-25-24-34-68(64)70)113-88(131)73(39-29-48-103-96(99)100)110-90(133)76(53-63-30-18-16-19-31-63)115-94(137)80-56-67(124)59-120(80)95(75)138)108-86(129)72(38-26-27-46-97)109-92(135)78(55-65-32-28-47-101-65)114-89(132)74(44-45-81(98)125)111-93(136)79(60-121)106-84(127)58-105-85(128)61-140-52-51-139-50-49-102-83(126)41-23-15-13-11-9-7-5-6-8-10-12-14-22-40-82-116-118-119-117-82/h16,18-19,24-25,30-32,34,37,47,57,67,69,71-80,104,121,124H,3-15,17,20-23,26-29,33,35-36,38-46,48-56,58-61,97H2,1-2H3,(H2,98,125)(H,102,126)(H,105,128)(H,106,127)(H,107,134)(H,108,129)(H,109,135)(H,110,133)(H,111,136)(H,112,130)(H,113,131)(H,114,132)(H,115,137)(H4,99,100,103)(H,116,117,118,119)/t67-,69+,71+,72+,73+,74+,75+,76-,77+,78+,79+,80+/m1/s1. The van der Waals surface area contributed by atoms with E-state index >= 15 is 24.0 Å². The van der Waals surface area contributed by atoms with Crippen LogP contribution in [-0.4, -0.2) is 285 Å². The average molecular weight is 1960 g/mol. The minimum atomic E-state index is -1.75. The Morgan fingerprint density at radius 3 is 1.88 bits per heavy atom. The van der Waals surface area contributed by atoms with Gasteiger partial charge in [0.1, 0.15) is 78.6 Å². The van der Waals surface area contributed by atoms with Crippen molar-refractivity contribution in [2.24, 2.45) is 22.2 Å². The number of aryl methyl sites for hydroxylation is 1. The first-order chi connectivity index (χ1) is 67.5. The molecular formula is C96H148N24O20. The number of aliphatic hydroxyl groups excluding tert-OH is 2. The molecule has 4 aromatic rings. The number of nitrogens with zero attached hydrogens (tertiary/aromatic N) is 5. The molecule has 24 N–H and O–H groups in total. The molecule has 140 heavy (non-hydrogen) atoms. The molecule has 7 rings (SSSR count). The van der Waals surface area contributed by atoms with Crippen LogP contribution in [0.4, 0.5) is 0 Å². The number of nitrogens with one attached hydrogen (secondary N) is 16. The second-order valence-electron chi connectivity index (χ2n) is 35.9. The minimum Gasteiger partial charge on any atom is -0.394 e. The predicted octanol–water partition coefficient (Wildman–Crippen LogP) is 0.737. The molecule has 3 aliphatic rings. The van der Waals surface area contributed by atoms with E-state index in [1.807, 2.05) is 31.2 Å². The summed E-state index contributed by atoms with van der Waals surface area (Å²) >= 11 is 0. The van der Waals surface area contributed by atoms with Crippen LogP contribution in [0.3, 0.4) is 0 Å². The maximum Gasteiger partial charge on any atom is 0.246 e. The lowest BCUT2D eigenvalue weighted by Gasteiger charge is -2.31. The number of carbonyl (C=O) groups is 16. The number of benzene rings is 2. The molecule has 2 fully saturated rings. The highest BCUT2D eigenvalue weighted by Gasteiger charge is 2.44. The average Bonchev–Trinajstić information content (AvgIpc) is 1.66. The van der Waals surface area contributed by atoms with Gasteiger partial charge in [0.25, 0.3) is 0 Å². The minimum absolute atomic E-state index is 0.00439. The predicted molar refractivity (Wildman–Crippen MR) is 519 cm³/mol. The lowest BCUT2D eigenvalue weighted by molar-refractivity contribution is -0.143. The zero-order chi connectivity index (χ0) is 101. The Hall–Kier alpha value is -12.6. The van der Waals surface area contributed by atoms with E-state index in [0.29, 0.717) is 61.8 Å². The van der Waals surface area contributed by atoms with Crippen molar-refractivity contribution in [1.29, 1.82) is 5.41 Å². The molecule has 44 heteroatoms. The Balaban J connectivity index is 0.974. The number of fused-ring (bicyclic) bond motifs is 2. The van der Waals surface area contributed by atoms with Crippen molar-refractivity contribution in [3.63, 3.8) is 0 Å². The Morgan fingerprint density at radius 1 is 0.593 bits per heavy atom. The summed E-state index contributed by atoms with van der Waals surface area (Å²) in [6.07, 6.45) is 19.8. The summed E-state index contributed by atoms with van der Waals surface area (Å²) in [5.74, 6) is -12.2. The highest BCUT2D eigenvalue weighted by atomic mass is 16.5. The van der Waals surface area contributed by atoms with Gasteiger partial charge in [-0.15, -0.1) is 5.10 Å². The summed E-state index contributed by atoms with van der Waals surface area (Å²) in [7, 11) is 0. The lowest BCUT2D eigenvalue weighted by atomic mass is 9.99. The highest BCUT2D eigenvalue weighted by molar-refractivity contribution is 6.01. The van der Waals surface area contributed by atoms with Crippen LogP contribution < -0.4 is 86.3 Å². The SMILES string of the molecule is CCCC[C@H](NC(=O)[C@H](CCCCN)NC(=O)[C@H](CC1=CCC=N1)NC(=O)[C@H](CCC(N)=O)NC(=O)[C@H](CO)NC(=O)CNC(=O)COCCOCCNC(=O)CCCCCCCCCCCCCCCc1nnn[nH]1)C(=O)N[C@H]1CCC(=O)CCCCC[C@@H](C(C)=O)NC(=O)[C@H](Cc2c[nH]c3ccccc23)NC(=O)[C@H](CCCNC(=N)N)NC(=O)[C@@H](Cc2ccccc2)NC(=O)[C@@H]2C[C@@H](O)CN2C1=O. The molecule has 0 unspecified atom stereocenters. The number of aromatic amines is 2. The van der Waals surface area contributed by atoms with Gasteiger partial charge in [0.05, 0.1) is 45.1 Å². The van der Waals surface area contributed by atoms with E-state index in [2.05, 4.69) is 99.7 Å². The van der Waals surface area contributed by atoms with E-state index in [1.54, 1.807) is 42.6 Å². The maximum absolute atomic E-state index is 15.5. The van der Waals surface area contributed by atoms with Crippen LogP contribution in [0.25, 0.3) is 10.9 Å². The second kappa shape index (κ2) is 64.6. The molecule has 3 aliphatic heterocycles. The third-order valence-corrected chi connectivity index (χ3v) is 24.5. The number of ketones is 2. The highest BCUT2D eigenvalue weighted by Crippen LogP contribution is 2.25. The number of carbonyl (C=O) groups excluding carboxylic acids is 16. The number of aromatic nitrogens is 5. The number of Topliss-reactive ketones (excluding diaryl/α,β-unsaturated/α-hetero) is 2. The van der Waals surface area contributed by atoms with Crippen molar-refractivity contribution in [2.45, 2.75) is 324 Å². The normalized spacial score (nSPS) is 19.1. The molecule has 5 heterocycles. The Kier molecular flexibility index (Phi) is 52.8. The van der Waals surface area contributed by atoms with Gasteiger partial charge >= 0.3 is 0 Å². The summed E-state index contributed by atoms with van der Waals surface area (Å²) in [6, 6.07) is -0.669. The van der Waals surface area contributed by atoms with Gasteiger partial charge in [-0.3, -0.25) is 87.1 Å². The monoisotopic (exact) mass is 1960 g/mol. The molecule has 0 spiro atoms. The van der Waals surface area contributed by atoms with Crippen molar-refractivity contribution < 1.29 is 96.4 Å². The van der Waals surface area contributed by atoms with Gasteiger partial charge in [0, 0.05) is 113 Å². The number of hydrogen-bond donors (Lipinski definition) is 21. The van der Waals surface area contributed by atoms with Gasteiger partial charge in [0.2, 0.25) is 82.7 Å². The number of aliphatic imine (C=N–C) groups is 1. The van der Waals surface area contributed by atoms with E-state index in [-0.39, 0.29) is 147 Å². The molecule has 0 aliphatic carbocycles. The fraction of sp³-hybridized carbons (Fsp3) is 0.635. The largest absolute Gasteiger partial charge is 0.394 e. The summed E-state index contributed by atoms with van der Waals surface area (Å²) in [4.78, 5) is 235. The van der Waals surface area contributed by atoms with Crippen LogP contribution in [-0.2, 0) is 105 Å². The molecule has 772 valence electrons. The van der Waals surface area contributed by atoms with Gasteiger partial charge in [-0.1, -0.05) is 158 Å².